The molecule has 0 unspecified atom stereocenters. The van der Waals surface area contributed by atoms with Gasteiger partial charge in [0.1, 0.15) is 0 Å². The second kappa shape index (κ2) is 30.2. The Hall–Kier alpha value is 1.27. The third-order valence-corrected chi connectivity index (χ3v) is 0.471. The minimum atomic E-state index is 0. The third-order valence-electron chi connectivity index (χ3n) is 0.471. The molecule has 3 nitrogen and oxygen atoms in total. The molecule has 0 aliphatic heterocycles. The normalized spacial score (nSPS) is 6.00. The first-order chi connectivity index (χ1) is 3.41. The number of hydrogen-bond donors (Lipinski definition) is 2. The van der Waals surface area contributed by atoms with Gasteiger partial charge in [-0.15, -0.1) is 0 Å². The Labute approximate surface area is 95.6 Å². The Morgan fingerprint density at radius 2 is 1.09 bits per heavy atom. The molecule has 2 N–H and O–H groups in total. The molecule has 7 heteroatoms. The maximum absolute atomic E-state index is 8.09. The van der Waals surface area contributed by atoms with Crippen LogP contribution in [0.3, 0.4) is 0 Å². The van der Waals surface area contributed by atoms with Crippen molar-refractivity contribution in [1.29, 1.82) is 0 Å². The molecule has 0 aliphatic rings. The van der Waals surface area contributed by atoms with Gasteiger partial charge in [-0.1, -0.05) is 0 Å². The maximum Gasteiger partial charge on any atom is 3.00 e. The van der Waals surface area contributed by atoms with E-state index in [0.29, 0.717) is 13.2 Å². The SMILES string of the molecule is OCCOCCO.[Cl-].[Cl-].[Cl-].[Fe+3]. The van der Waals surface area contributed by atoms with E-state index in [0.717, 1.165) is 0 Å². The van der Waals surface area contributed by atoms with Crippen LogP contribution in [-0.2, 0) is 21.8 Å². The van der Waals surface area contributed by atoms with Gasteiger partial charge in [-0.05, 0) is 0 Å². The summed E-state index contributed by atoms with van der Waals surface area (Å²) in [6, 6.07) is 0. The fourth-order valence-electron chi connectivity index (χ4n) is 0.231. The van der Waals surface area contributed by atoms with Crippen LogP contribution in [0.25, 0.3) is 0 Å². The summed E-state index contributed by atoms with van der Waals surface area (Å²) in [7, 11) is 0. The van der Waals surface area contributed by atoms with E-state index in [1.165, 1.54) is 0 Å². The molecule has 0 spiro atoms. The summed E-state index contributed by atoms with van der Waals surface area (Å²) < 4.78 is 4.63. The first kappa shape index (κ1) is 29.5. The molecule has 0 saturated heterocycles. The van der Waals surface area contributed by atoms with Crippen LogP contribution in [0.15, 0.2) is 0 Å². The van der Waals surface area contributed by atoms with E-state index in [9.17, 15) is 0 Å². The van der Waals surface area contributed by atoms with Crippen LogP contribution in [0, 0.1) is 0 Å². The number of aliphatic hydroxyl groups excluding tert-OH is 2. The monoisotopic (exact) mass is 267 g/mol. The summed E-state index contributed by atoms with van der Waals surface area (Å²) in [6.45, 7) is 0.696. The molecule has 0 aromatic heterocycles. The molecule has 0 bridgehead atoms. The fraction of sp³-hybridized carbons (Fsp3) is 1.00. The minimum Gasteiger partial charge on any atom is -1.00 e. The first-order valence-electron chi connectivity index (χ1n) is 2.21. The van der Waals surface area contributed by atoms with Crippen LogP contribution in [0.2, 0.25) is 0 Å². The van der Waals surface area contributed by atoms with Gasteiger partial charge in [-0.25, -0.2) is 0 Å². The molecule has 0 atom stereocenters. The molecule has 73 valence electrons. The summed E-state index contributed by atoms with van der Waals surface area (Å²) in [5, 5.41) is 16.2. The van der Waals surface area contributed by atoms with Crippen LogP contribution >= 0.6 is 0 Å². The van der Waals surface area contributed by atoms with Crippen molar-refractivity contribution in [1.82, 2.24) is 0 Å². The Balaban J connectivity index is -0.0000000300. The summed E-state index contributed by atoms with van der Waals surface area (Å²) in [5.74, 6) is 0. The van der Waals surface area contributed by atoms with E-state index in [4.69, 9.17) is 10.2 Å². The molecular weight excluding hydrogens is 258 g/mol. The van der Waals surface area contributed by atoms with E-state index < -0.39 is 0 Å². The molecule has 0 aromatic carbocycles. The van der Waals surface area contributed by atoms with Gasteiger partial charge in [0.2, 0.25) is 0 Å². The molecule has 0 aliphatic carbocycles. The number of ether oxygens (including phenoxy) is 1. The van der Waals surface area contributed by atoms with E-state index in [1.54, 1.807) is 0 Å². The molecule has 0 fully saturated rings. The van der Waals surface area contributed by atoms with Gasteiger partial charge in [-0.3, -0.25) is 0 Å². The smallest absolute Gasteiger partial charge is 1.00 e. The van der Waals surface area contributed by atoms with Crippen molar-refractivity contribution in [3.63, 3.8) is 0 Å². The minimum absolute atomic E-state index is 0. The Kier molecular flexibility index (Phi) is 81.1. The van der Waals surface area contributed by atoms with Crippen LogP contribution in [0.5, 0.6) is 0 Å². The van der Waals surface area contributed by atoms with E-state index in [2.05, 4.69) is 4.74 Å². The summed E-state index contributed by atoms with van der Waals surface area (Å²) >= 11 is 0. The summed E-state index contributed by atoms with van der Waals surface area (Å²) in [5.41, 5.74) is 0. The van der Waals surface area contributed by atoms with E-state index in [1.807, 2.05) is 0 Å². The van der Waals surface area contributed by atoms with Crippen molar-refractivity contribution >= 4 is 0 Å². The average molecular weight is 268 g/mol. The van der Waals surface area contributed by atoms with Crippen molar-refractivity contribution < 1.29 is 69.2 Å². The number of hydrogen-bond acceptors (Lipinski definition) is 3. The van der Waals surface area contributed by atoms with Crippen LogP contribution in [0.1, 0.15) is 0 Å². The summed E-state index contributed by atoms with van der Waals surface area (Å²) in [6.07, 6.45) is 0. The number of aliphatic hydroxyl groups is 2. The molecule has 0 aromatic rings. The predicted octanol–water partition coefficient (Wildman–Crippen LogP) is -10.0. The van der Waals surface area contributed by atoms with Gasteiger partial charge in [0.15, 0.2) is 0 Å². The zero-order valence-corrected chi connectivity index (χ0v) is 8.99. The van der Waals surface area contributed by atoms with Gasteiger partial charge in [0.05, 0.1) is 26.4 Å². The Morgan fingerprint density at radius 3 is 1.27 bits per heavy atom. The Morgan fingerprint density at radius 1 is 0.818 bits per heavy atom. The standard InChI is InChI=1S/C4H10O3.3ClH.Fe/c5-1-3-7-4-2-6;;;;/h5-6H,1-4H2;3*1H;/q;;;;+3/p-3. The number of halogens is 3. The first-order valence-corrected chi connectivity index (χ1v) is 2.21. The van der Waals surface area contributed by atoms with E-state index >= 15 is 0 Å². The van der Waals surface area contributed by atoms with Gasteiger partial charge in [-0.2, -0.15) is 0 Å². The molecule has 0 heterocycles. The summed E-state index contributed by atoms with van der Waals surface area (Å²) in [4.78, 5) is 0. The number of rotatable bonds is 4. The second-order valence-corrected chi connectivity index (χ2v) is 1.06. The van der Waals surface area contributed by atoms with Crippen LogP contribution in [-0.4, -0.2) is 36.6 Å². The molecule has 0 saturated carbocycles. The van der Waals surface area contributed by atoms with Gasteiger partial charge < -0.3 is 52.2 Å². The molecule has 0 amide bonds. The van der Waals surface area contributed by atoms with Crippen molar-refractivity contribution in [3.8, 4) is 0 Å². The van der Waals surface area contributed by atoms with Gasteiger partial charge in [0, 0.05) is 0 Å². The van der Waals surface area contributed by atoms with Crippen molar-refractivity contribution in [2.24, 2.45) is 0 Å². The quantitative estimate of drug-likeness (QED) is 0.393. The Bertz CT molecular complexity index is 39.8. The maximum atomic E-state index is 8.09. The molecule has 0 rings (SSSR count). The molecule has 1 radical (unpaired) electrons. The average Bonchev–Trinajstić information content (AvgIpc) is 1.69. The second-order valence-electron chi connectivity index (χ2n) is 1.06. The molecule has 11 heavy (non-hydrogen) atoms. The van der Waals surface area contributed by atoms with Crippen molar-refractivity contribution in [3.05, 3.63) is 0 Å². The largest absolute Gasteiger partial charge is 3.00 e. The van der Waals surface area contributed by atoms with Gasteiger partial charge >= 0.3 is 17.1 Å². The van der Waals surface area contributed by atoms with Crippen LogP contribution in [0.4, 0.5) is 0 Å². The van der Waals surface area contributed by atoms with Crippen LogP contribution < -0.4 is 37.2 Å². The van der Waals surface area contributed by atoms with Crippen molar-refractivity contribution in [2.45, 2.75) is 0 Å². The predicted molar refractivity (Wildman–Crippen MR) is 25.0 cm³/mol. The third kappa shape index (κ3) is 34.9. The van der Waals surface area contributed by atoms with Crippen molar-refractivity contribution in [2.75, 3.05) is 26.4 Å². The van der Waals surface area contributed by atoms with E-state index in [-0.39, 0.29) is 67.5 Å². The zero-order valence-electron chi connectivity index (χ0n) is 5.62. The molecular formula is C4H10Cl3FeO3. The fourth-order valence-corrected chi connectivity index (χ4v) is 0.231. The topological polar surface area (TPSA) is 49.7 Å². The van der Waals surface area contributed by atoms with Gasteiger partial charge in [0.25, 0.3) is 0 Å². The zero-order chi connectivity index (χ0) is 5.54.